The predicted octanol–water partition coefficient (Wildman–Crippen LogP) is 3.08. The van der Waals surface area contributed by atoms with Crippen molar-refractivity contribution in [2.75, 3.05) is 18.1 Å². The highest BCUT2D eigenvalue weighted by atomic mass is 32.1. The number of esters is 1. The van der Waals surface area contributed by atoms with Crippen LogP contribution in [-0.2, 0) is 9.53 Å². The van der Waals surface area contributed by atoms with Crippen molar-refractivity contribution in [3.05, 3.63) is 28.7 Å². The van der Waals surface area contributed by atoms with Crippen molar-refractivity contribution >= 4 is 28.2 Å². The van der Waals surface area contributed by atoms with Crippen molar-refractivity contribution in [3.8, 4) is 0 Å². The normalized spacial score (nSPS) is 18.4. The van der Waals surface area contributed by atoms with Gasteiger partial charge in [-0.05, 0) is 26.3 Å². The van der Waals surface area contributed by atoms with Gasteiger partial charge in [0.25, 0.3) is 0 Å². The Bertz CT molecular complexity index is 562. The maximum Gasteiger partial charge on any atom is 0.341 e. The molecule has 5 heteroatoms. The minimum atomic E-state index is -0.348. The summed E-state index contributed by atoms with van der Waals surface area (Å²) >= 11 is 1.48. The van der Waals surface area contributed by atoms with E-state index in [1.807, 2.05) is 13.8 Å². The fourth-order valence-electron chi connectivity index (χ4n) is 2.33. The number of carbonyl (C=O) groups is 2. The fraction of sp³-hybridized carbons (Fsp3) is 0.467. The van der Waals surface area contributed by atoms with Crippen molar-refractivity contribution in [1.82, 2.24) is 0 Å². The lowest BCUT2D eigenvalue weighted by atomic mass is 10.1. The minimum Gasteiger partial charge on any atom is -0.462 e. The minimum absolute atomic E-state index is 0.0432. The number of carbonyl (C=O) groups excluding carboxylic acids is 2. The van der Waals surface area contributed by atoms with Crippen LogP contribution in [-0.4, -0.2) is 25.0 Å². The molecule has 1 aliphatic rings. The van der Waals surface area contributed by atoms with Gasteiger partial charge < -0.3 is 9.64 Å². The van der Waals surface area contributed by atoms with E-state index < -0.39 is 0 Å². The largest absolute Gasteiger partial charge is 0.462 e. The number of ether oxygens (including phenoxy) is 1. The van der Waals surface area contributed by atoms with Gasteiger partial charge in [0.1, 0.15) is 5.00 Å². The van der Waals surface area contributed by atoms with Crippen molar-refractivity contribution in [3.63, 3.8) is 0 Å². The molecular weight excluding hydrogens is 274 g/mol. The van der Waals surface area contributed by atoms with Gasteiger partial charge in [0.2, 0.25) is 5.91 Å². The molecule has 0 radical (unpaired) electrons. The number of thiophene rings is 1. The quantitative estimate of drug-likeness (QED) is 0.633. The molecule has 4 nitrogen and oxygen atoms in total. The lowest BCUT2D eigenvalue weighted by Crippen LogP contribution is -2.25. The topological polar surface area (TPSA) is 46.6 Å². The molecule has 0 aliphatic carbocycles. The van der Waals surface area contributed by atoms with E-state index in [0.717, 1.165) is 10.4 Å². The Morgan fingerprint density at radius 1 is 1.55 bits per heavy atom. The summed E-state index contributed by atoms with van der Waals surface area (Å²) in [6.45, 7) is 10.3. The Kier molecular flexibility index (Phi) is 4.28. The summed E-state index contributed by atoms with van der Waals surface area (Å²) in [5.41, 5.74) is 1.44. The van der Waals surface area contributed by atoms with E-state index in [-0.39, 0.29) is 17.8 Å². The van der Waals surface area contributed by atoms with Gasteiger partial charge in [0.15, 0.2) is 0 Å². The molecule has 0 bridgehead atoms. The first-order valence-electron chi connectivity index (χ1n) is 6.69. The smallest absolute Gasteiger partial charge is 0.341 e. The van der Waals surface area contributed by atoms with Gasteiger partial charge in [-0.3, -0.25) is 4.79 Å². The molecule has 108 valence electrons. The lowest BCUT2D eigenvalue weighted by Gasteiger charge is -2.16. The molecule has 1 saturated heterocycles. The van der Waals surface area contributed by atoms with E-state index in [0.29, 0.717) is 30.1 Å². The van der Waals surface area contributed by atoms with E-state index in [2.05, 4.69) is 6.58 Å². The SMILES string of the molecule is C=CC1CC(=O)N(c2sc(C)c(C)c2C(=O)OCC)C1. The van der Waals surface area contributed by atoms with E-state index in [9.17, 15) is 9.59 Å². The van der Waals surface area contributed by atoms with E-state index >= 15 is 0 Å². The van der Waals surface area contributed by atoms with E-state index in [4.69, 9.17) is 4.74 Å². The van der Waals surface area contributed by atoms with Gasteiger partial charge in [-0.15, -0.1) is 17.9 Å². The standard InChI is InChI=1S/C15H19NO3S/c1-5-11-7-12(17)16(8-11)14-13(15(18)19-6-2)9(3)10(4)20-14/h5,11H,1,6-8H2,2-4H3. The van der Waals surface area contributed by atoms with Crippen LogP contribution in [0.4, 0.5) is 5.00 Å². The first-order chi connectivity index (χ1) is 9.49. The summed E-state index contributed by atoms with van der Waals surface area (Å²) < 4.78 is 5.12. The lowest BCUT2D eigenvalue weighted by molar-refractivity contribution is -0.117. The van der Waals surface area contributed by atoms with Crippen LogP contribution < -0.4 is 4.90 Å². The summed E-state index contributed by atoms with van der Waals surface area (Å²) in [7, 11) is 0. The molecular formula is C15H19NO3S. The monoisotopic (exact) mass is 293 g/mol. The third-order valence-electron chi connectivity index (χ3n) is 3.58. The Labute approximate surface area is 123 Å². The molecule has 0 aromatic carbocycles. The summed E-state index contributed by atoms with van der Waals surface area (Å²) in [5.74, 6) is -0.152. The second-order valence-electron chi connectivity index (χ2n) is 4.89. The molecule has 1 aromatic heterocycles. The maximum absolute atomic E-state index is 12.1. The summed E-state index contributed by atoms with van der Waals surface area (Å²) in [5, 5.41) is 0.716. The van der Waals surface area contributed by atoms with Crippen LogP contribution in [0.3, 0.4) is 0 Å². The first kappa shape index (κ1) is 14.8. The Morgan fingerprint density at radius 2 is 2.25 bits per heavy atom. The zero-order valence-electron chi connectivity index (χ0n) is 12.1. The highest BCUT2D eigenvalue weighted by Crippen LogP contribution is 2.38. The van der Waals surface area contributed by atoms with Crippen LogP contribution in [0.1, 0.15) is 34.1 Å². The number of hydrogen-bond acceptors (Lipinski definition) is 4. The van der Waals surface area contributed by atoms with Gasteiger partial charge in [0.05, 0.1) is 12.2 Å². The van der Waals surface area contributed by atoms with Crippen LogP contribution in [0, 0.1) is 19.8 Å². The van der Waals surface area contributed by atoms with Gasteiger partial charge in [-0.25, -0.2) is 4.79 Å². The van der Waals surface area contributed by atoms with Crippen LogP contribution in [0.2, 0.25) is 0 Å². The molecule has 2 heterocycles. The average Bonchev–Trinajstić information content (AvgIpc) is 2.91. The number of rotatable bonds is 4. The van der Waals surface area contributed by atoms with Crippen molar-refractivity contribution in [2.24, 2.45) is 5.92 Å². The summed E-state index contributed by atoms with van der Waals surface area (Å²) in [6.07, 6.45) is 2.26. The van der Waals surface area contributed by atoms with Crippen LogP contribution in [0.5, 0.6) is 0 Å². The molecule has 1 fully saturated rings. The van der Waals surface area contributed by atoms with Crippen LogP contribution in [0.15, 0.2) is 12.7 Å². The summed E-state index contributed by atoms with van der Waals surface area (Å²) in [6, 6.07) is 0. The van der Waals surface area contributed by atoms with Crippen molar-refractivity contribution in [1.29, 1.82) is 0 Å². The van der Waals surface area contributed by atoms with E-state index in [1.165, 1.54) is 11.3 Å². The third-order valence-corrected chi connectivity index (χ3v) is 4.81. The molecule has 1 aliphatic heterocycles. The third kappa shape index (κ3) is 2.50. The van der Waals surface area contributed by atoms with Crippen LogP contribution >= 0.6 is 11.3 Å². The van der Waals surface area contributed by atoms with Gasteiger partial charge in [-0.1, -0.05) is 6.08 Å². The molecule has 2 rings (SSSR count). The molecule has 1 unspecified atom stereocenters. The number of nitrogens with zero attached hydrogens (tertiary/aromatic N) is 1. The van der Waals surface area contributed by atoms with Gasteiger partial charge in [-0.2, -0.15) is 0 Å². The number of aryl methyl sites for hydroxylation is 1. The Morgan fingerprint density at radius 3 is 2.80 bits per heavy atom. The molecule has 0 saturated carbocycles. The fourth-order valence-corrected chi connectivity index (χ4v) is 3.50. The number of hydrogen-bond donors (Lipinski definition) is 0. The first-order valence-corrected chi connectivity index (χ1v) is 7.51. The second-order valence-corrected chi connectivity index (χ2v) is 6.09. The average molecular weight is 293 g/mol. The molecule has 1 atom stereocenters. The maximum atomic E-state index is 12.1. The highest BCUT2D eigenvalue weighted by molar-refractivity contribution is 7.16. The molecule has 0 N–H and O–H groups in total. The molecule has 0 spiro atoms. The predicted molar refractivity (Wildman–Crippen MR) is 80.4 cm³/mol. The number of anilines is 1. The molecule has 1 aromatic rings. The zero-order valence-corrected chi connectivity index (χ0v) is 12.9. The number of amides is 1. The van der Waals surface area contributed by atoms with Crippen molar-refractivity contribution < 1.29 is 14.3 Å². The second kappa shape index (κ2) is 5.79. The summed E-state index contributed by atoms with van der Waals surface area (Å²) in [4.78, 5) is 27.0. The zero-order chi connectivity index (χ0) is 14.9. The molecule has 20 heavy (non-hydrogen) atoms. The Balaban J connectivity index is 2.42. The Hall–Kier alpha value is -1.62. The van der Waals surface area contributed by atoms with Crippen molar-refractivity contribution in [2.45, 2.75) is 27.2 Å². The van der Waals surface area contributed by atoms with Gasteiger partial charge >= 0.3 is 5.97 Å². The molecule has 1 amide bonds. The van der Waals surface area contributed by atoms with Gasteiger partial charge in [0, 0.05) is 23.8 Å². The van der Waals surface area contributed by atoms with E-state index in [1.54, 1.807) is 17.9 Å². The van der Waals surface area contributed by atoms with Crippen LogP contribution in [0.25, 0.3) is 0 Å². The highest BCUT2D eigenvalue weighted by Gasteiger charge is 2.34.